The molecule has 0 atom stereocenters. The number of carbonyl (C=O) groups is 2. The molecule has 1 aliphatic rings. The Bertz CT molecular complexity index is 1040. The minimum absolute atomic E-state index is 0.125. The van der Waals surface area contributed by atoms with Crippen LogP contribution in [0.15, 0.2) is 73.1 Å². The van der Waals surface area contributed by atoms with Gasteiger partial charge in [0, 0.05) is 36.9 Å². The number of aromatic nitrogens is 1. The Hall–Kier alpha value is -3.54. The van der Waals surface area contributed by atoms with Crippen molar-refractivity contribution >= 4 is 17.7 Å². The van der Waals surface area contributed by atoms with Crippen LogP contribution in [0.2, 0.25) is 0 Å². The number of piperidine rings is 1. The molecule has 6 nitrogen and oxygen atoms in total. The number of anilines is 1. The average molecular weight is 432 g/mol. The van der Waals surface area contributed by atoms with E-state index in [1.807, 2.05) is 29.4 Å². The van der Waals surface area contributed by atoms with Gasteiger partial charge in [0.05, 0.1) is 12.2 Å². The van der Waals surface area contributed by atoms with E-state index < -0.39 is 0 Å². The molecule has 0 spiro atoms. The molecule has 0 saturated carbocycles. The third kappa shape index (κ3) is 5.38. The maximum Gasteiger partial charge on any atom is 0.338 e. The Balaban J connectivity index is 1.27. The Kier molecular flexibility index (Phi) is 6.90. The highest BCUT2D eigenvalue weighted by Gasteiger charge is 2.23. The average Bonchev–Trinajstić information content (AvgIpc) is 3.35. The molecule has 166 valence electrons. The maximum absolute atomic E-state index is 12.7. The van der Waals surface area contributed by atoms with Crippen LogP contribution in [0, 0.1) is 5.92 Å². The largest absolute Gasteiger partial charge is 0.462 e. The van der Waals surface area contributed by atoms with Crippen molar-refractivity contribution < 1.29 is 14.3 Å². The molecule has 32 heavy (non-hydrogen) atoms. The molecule has 1 saturated heterocycles. The molecule has 2 heterocycles. The number of likely N-dealkylation sites (tertiary alicyclic amines) is 1. The summed E-state index contributed by atoms with van der Waals surface area (Å²) in [6.07, 6.45) is 7.08. The fourth-order valence-corrected chi connectivity index (χ4v) is 4.13. The number of benzene rings is 2. The quantitative estimate of drug-likeness (QED) is 0.550. The van der Waals surface area contributed by atoms with Gasteiger partial charge in [-0.3, -0.25) is 0 Å². The fraction of sp³-hybridized carbons (Fsp3) is 0.308. The van der Waals surface area contributed by atoms with Gasteiger partial charge in [-0.1, -0.05) is 18.2 Å². The molecule has 1 aromatic heterocycles. The molecule has 2 amide bonds. The Morgan fingerprint density at radius 1 is 1.00 bits per heavy atom. The van der Waals surface area contributed by atoms with Crippen LogP contribution in [0.4, 0.5) is 10.5 Å². The van der Waals surface area contributed by atoms with Gasteiger partial charge in [0.2, 0.25) is 0 Å². The minimum Gasteiger partial charge on any atom is -0.462 e. The second-order valence-electron chi connectivity index (χ2n) is 8.12. The van der Waals surface area contributed by atoms with Gasteiger partial charge in [0.15, 0.2) is 0 Å². The number of nitrogens with zero attached hydrogens (tertiary/aromatic N) is 2. The lowest BCUT2D eigenvalue weighted by atomic mass is 9.90. The highest BCUT2D eigenvalue weighted by atomic mass is 16.5. The predicted octanol–water partition coefficient (Wildman–Crippen LogP) is 5.14. The third-order valence-electron chi connectivity index (χ3n) is 5.89. The van der Waals surface area contributed by atoms with Crippen LogP contribution >= 0.6 is 0 Å². The van der Waals surface area contributed by atoms with Crippen molar-refractivity contribution in [3.05, 3.63) is 84.2 Å². The van der Waals surface area contributed by atoms with Gasteiger partial charge in [-0.15, -0.1) is 0 Å². The first-order chi connectivity index (χ1) is 15.6. The van der Waals surface area contributed by atoms with Crippen LogP contribution in [-0.2, 0) is 11.2 Å². The molecule has 0 aliphatic carbocycles. The summed E-state index contributed by atoms with van der Waals surface area (Å²) in [5, 5.41) is 2.91. The van der Waals surface area contributed by atoms with E-state index in [4.69, 9.17) is 4.74 Å². The number of carbonyl (C=O) groups excluding carboxylic acids is 2. The summed E-state index contributed by atoms with van der Waals surface area (Å²) in [5.74, 6) is 0.189. The Morgan fingerprint density at radius 2 is 1.72 bits per heavy atom. The first-order valence-corrected chi connectivity index (χ1v) is 11.2. The first kappa shape index (κ1) is 21.7. The smallest absolute Gasteiger partial charge is 0.338 e. The highest BCUT2D eigenvalue weighted by molar-refractivity contribution is 5.94. The van der Waals surface area contributed by atoms with Crippen LogP contribution in [0.25, 0.3) is 5.69 Å². The van der Waals surface area contributed by atoms with Gasteiger partial charge in [-0.05, 0) is 80.1 Å². The number of hydrogen-bond donors (Lipinski definition) is 1. The van der Waals surface area contributed by atoms with E-state index in [1.165, 1.54) is 5.56 Å². The molecule has 1 aliphatic heterocycles. The summed E-state index contributed by atoms with van der Waals surface area (Å²) in [5.41, 5.74) is 3.54. The van der Waals surface area contributed by atoms with Crippen molar-refractivity contribution in [2.75, 3.05) is 25.0 Å². The number of esters is 1. The number of urea groups is 1. The zero-order chi connectivity index (χ0) is 22.3. The van der Waals surface area contributed by atoms with E-state index in [-0.39, 0.29) is 12.0 Å². The maximum atomic E-state index is 12.7. The van der Waals surface area contributed by atoms with Crippen LogP contribution in [0.1, 0.15) is 35.7 Å². The van der Waals surface area contributed by atoms with Crippen LogP contribution < -0.4 is 5.32 Å². The van der Waals surface area contributed by atoms with E-state index >= 15 is 0 Å². The minimum atomic E-state index is -0.384. The molecule has 1 N–H and O–H groups in total. The van der Waals surface area contributed by atoms with Crippen molar-refractivity contribution in [2.24, 2.45) is 5.92 Å². The van der Waals surface area contributed by atoms with E-state index in [2.05, 4.69) is 34.1 Å². The molecule has 1 fully saturated rings. The molecule has 0 bridgehead atoms. The summed E-state index contributed by atoms with van der Waals surface area (Å²) in [7, 11) is 0. The second kappa shape index (κ2) is 10.2. The summed E-state index contributed by atoms with van der Waals surface area (Å²) >= 11 is 0. The van der Waals surface area contributed by atoms with Crippen molar-refractivity contribution in [3.63, 3.8) is 0 Å². The predicted molar refractivity (Wildman–Crippen MR) is 125 cm³/mol. The van der Waals surface area contributed by atoms with E-state index in [0.717, 1.165) is 38.0 Å². The van der Waals surface area contributed by atoms with Crippen LogP contribution in [-0.4, -0.2) is 41.2 Å². The van der Waals surface area contributed by atoms with Gasteiger partial charge in [-0.2, -0.15) is 0 Å². The standard InChI is InChI=1S/C26H29N3O3/c1-2-32-25(30)22-6-5-7-23(19-22)27-26(31)29-16-12-21(13-17-29)18-20-8-10-24(11-9-20)28-14-3-4-15-28/h3-11,14-15,19,21H,2,12-13,16-18H2,1H3,(H,27,31). The lowest BCUT2D eigenvalue weighted by Gasteiger charge is -2.32. The number of rotatable bonds is 6. The van der Waals surface area contributed by atoms with Gasteiger partial charge >= 0.3 is 12.0 Å². The summed E-state index contributed by atoms with van der Waals surface area (Å²) in [6, 6.07) is 19.5. The molecular weight excluding hydrogens is 402 g/mol. The molecule has 0 unspecified atom stereocenters. The topological polar surface area (TPSA) is 63.6 Å². The van der Waals surface area contributed by atoms with Gasteiger partial charge in [0.25, 0.3) is 0 Å². The van der Waals surface area contributed by atoms with E-state index in [0.29, 0.717) is 23.8 Å². The lowest BCUT2D eigenvalue weighted by molar-refractivity contribution is 0.0526. The first-order valence-electron chi connectivity index (χ1n) is 11.2. The van der Waals surface area contributed by atoms with Crippen LogP contribution in [0.5, 0.6) is 0 Å². The summed E-state index contributed by atoms with van der Waals surface area (Å²) < 4.78 is 7.13. The zero-order valence-electron chi connectivity index (χ0n) is 18.4. The summed E-state index contributed by atoms with van der Waals surface area (Å²) in [6.45, 7) is 3.55. The summed E-state index contributed by atoms with van der Waals surface area (Å²) in [4.78, 5) is 26.4. The van der Waals surface area contributed by atoms with E-state index in [1.54, 1.807) is 31.2 Å². The molecule has 6 heteroatoms. The third-order valence-corrected chi connectivity index (χ3v) is 5.89. The van der Waals surface area contributed by atoms with Crippen molar-refractivity contribution in [1.29, 1.82) is 0 Å². The molecule has 2 aromatic carbocycles. The van der Waals surface area contributed by atoms with Gasteiger partial charge in [0.1, 0.15) is 0 Å². The van der Waals surface area contributed by atoms with Gasteiger partial charge < -0.3 is 19.5 Å². The second-order valence-corrected chi connectivity index (χ2v) is 8.12. The zero-order valence-corrected chi connectivity index (χ0v) is 18.4. The van der Waals surface area contributed by atoms with Crippen molar-refractivity contribution in [2.45, 2.75) is 26.2 Å². The number of hydrogen-bond acceptors (Lipinski definition) is 3. The monoisotopic (exact) mass is 431 g/mol. The lowest BCUT2D eigenvalue weighted by Crippen LogP contribution is -2.41. The van der Waals surface area contributed by atoms with Crippen molar-refractivity contribution in [1.82, 2.24) is 9.47 Å². The Morgan fingerprint density at radius 3 is 2.41 bits per heavy atom. The van der Waals surface area contributed by atoms with Crippen LogP contribution in [0.3, 0.4) is 0 Å². The molecular formula is C26H29N3O3. The van der Waals surface area contributed by atoms with Crippen molar-refractivity contribution in [3.8, 4) is 5.69 Å². The highest BCUT2D eigenvalue weighted by Crippen LogP contribution is 2.23. The number of ether oxygens (including phenoxy) is 1. The van der Waals surface area contributed by atoms with Gasteiger partial charge in [-0.25, -0.2) is 9.59 Å². The van der Waals surface area contributed by atoms with E-state index in [9.17, 15) is 9.59 Å². The number of nitrogens with one attached hydrogen (secondary N) is 1. The SMILES string of the molecule is CCOC(=O)c1cccc(NC(=O)N2CCC(Cc3ccc(-n4cccc4)cc3)CC2)c1. The number of amides is 2. The normalized spacial score (nSPS) is 14.2. The molecule has 4 rings (SSSR count). The molecule has 3 aromatic rings. The molecule has 0 radical (unpaired) electrons. The Labute approximate surface area is 188 Å². The fourth-order valence-electron chi connectivity index (χ4n) is 4.13.